The molecule has 0 atom stereocenters. The van der Waals surface area contributed by atoms with Gasteiger partial charge in [0.2, 0.25) is 0 Å². The molecule has 0 amide bonds. The van der Waals surface area contributed by atoms with Crippen LogP contribution in [-0.4, -0.2) is 25.2 Å². The van der Waals surface area contributed by atoms with Gasteiger partial charge in [0.15, 0.2) is 0 Å². The molecule has 0 aromatic carbocycles. The predicted octanol–water partition coefficient (Wildman–Crippen LogP) is -3.15. The summed E-state index contributed by atoms with van der Waals surface area (Å²) in [6, 6.07) is 0. The summed E-state index contributed by atoms with van der Waals surface area (Å²) in [5.74, 6) is -1.42. The summed E-state index contributed by atoms with van der Waals surface area (Å²) >= 11 is 0. The molecule has 0 unspecified atom stereocenters. The average molecular weight is 211 g/mol. The molecule has 0 saturated heterocycles. The second-order valence-electron chi connectivity index (χ2n) is 2.33. The van der Waals surface area contributed by atoms with Crippen molar-refractivity contribution >= 4 is 25.2 Å². The Morgan fingerprint density at radius 2 is 1.36 bits per heavy atom. The Kier molecular flexibility index (Phi) is 8.92. The molecule has 0 radical (unpaired) electrons. The van der Waals surface area contributed by atoms with Crippen molar-refractivity contribution in [2.45, 2.75) is 20.8 Å². The van der Waals surface area contributed by atoms with Crippen LogP contribution in [0.15, 0.2) is 0 Å². The Hall–Kier alpha value is -0.525. The third-order valence-electron chi connectivity index (χ3n) is 0.977. The topological polar surface area (TPSA) is 85.7 Å². The van der Waals surface area contributed by atoms with Crippen LogP contribution in [0, 0.1) is 5.41 Å². The monoisotopic (exact) mass is 211 g/mol. The van der Waals surface area contributed by atoms with Gasteiger partial charge in [-0.3, -0.25) is 15.0 Å². The van der Waals surface area contributed by atoms with Crippen LogP contribution in [0.4, 0.5) is 0 Å². The summed E-state index contributed by atoms with van der Waals surface area (Å²) in [6.45, 7) is 3.66. The van der Waals surface area contributed by atoms with Gasteiger partial charge in [-0.05, 0) is 0 Å². The van der Waals surface area contributed by atoms with Gasteiger partial charge >= 0.3 is 36.9 Å². The van der Waals surface area contributed by atoms with E-state index in [-0.39, 0.29) is 35.5 Å². The molecule has 0 aromatic heterocycles. The minimum Gasteiger partial charge on any atom is -0.642 e. The standard InChI is InChI=1S/C6H11BNO5.Na/c1-4(8)11-7(12-5(2)9)13-6(3)10;/h7-8H,1-3H3;/q-1;+1. The number of carbonyl (C=O) groups excluding carboxylic acids is 2. The van der Waals surface area contributed by atoms with Crippen molar-refractivity contribution in [2.24, 2.45) is 0 Å². The number of hydrogen-bond donors (Lipinski definition) is 1. The summed E-state index contributed by atoms with van der Waals surface area (Å²) in [5.41, 5.74) is 0. The maximum atomic E-state index is 10.5. The van der Waals surface area contributed by atoms with Crippen molar-refractivity contribution in [1.82, 2.24) is 0 Å². The van der Waals surface area contributed by atoms with E-state index in [1.807, 2.05) is 0 Å². The van der Waals surface area contributed by atoms with Gasteiger partial charge in [0.25, 0.3) is 11.9 Å². The van der Waals surface area contributed by atoms with Crippen LogP contribution in [0.1, 0.15) is 20.8 Å². The zero-order chi connectivity index (χ0) is 10.4. The van der Waals surface area contributed by atoms with Gasteiger partial charge in [-0.15, -0.1) is 0 Å². The van der Waals surface area contributed by atoms with Gasteiger partial charge in [-0.25, -0.2) is 0 Å². The Bertz CT molecular complexity index is 196. The molecule has 0 aliphatic carbocycles. The summed E-state index contributed by atoms with van der Waals surface area (Å²) in [7, 11) is -2.28. The van der Waals surface area contributed by atoms with Crippen LogP contribution < -0.4 is 29.6 Å². The van der Waals surface area contributed by atoms with E-state index in [9.17, 15) is 9.59 Å². The molecule has 6 nitrogen and oxygen atoms in total. The van der Waals surface area contributed by atoms with Crippen molar-refractivity contribution in [1.29, 1.82) is 5.41 Å². The smallest absolute Gasteiger partial charge is 0.642 e. The van der Waals surface area contributed by atoms with Gasteiger partial charge in [-0.2, -0.15) is 0 Å². The van der Waals surface area contributed by atoms with E-state index in [0.29, 0.717) is 0 Å². The number of rotatable bonds is 3. The Balaban J connectivity index is 0. The first kappa shape index (κ1) is 15.9. The number of carbonyl (C=O) groups is 2. The molecule has 1 N–H and O–H groups in total. The molecule has 0 bridgehead atoms. The third-order valence-corrected chi connectivity index (χ3v) is 0.977. The summed E-state index contributed by atoms with van der Waals surface area (Å²) in [4.78, 5) is 20.9. The van der Waals surface area contributed by atoms with Gasteiger partial charge in [-0.1, -0.05) is 0 Å². The van der Waals surface area contributed by atoms with E-state index in [2.05, 4.69) is 14.0 Å². The van der Waals surface area contributed by atoms with Crippen LogP contribution in [0.25, 0.3) is 0 Å². The number of nitrogens with one attached hydrogen (secondary N) is 1. The van der Waals surface area contributed by atoms with Crippen molar-refractivity contribution < 1.29 is 53.1 Å². The maximum Gasteiger partial charge on any atom is 1.00 e. The molecule has 0 fully saturated rings. The van der Waals surface area contributed by atoms with Crippen molar-refractivity contribution in [2.75, 3.05) is 0 Å². The quantitative estimate of drug-likeness (QED) is 0.302. The third kappa shape index (κ3) is 9.56. The zero-order valence-electron chi connectivity index (χ0n) is 8.75. The first-order valence-corrected chi connectivity index (χ1v) is 3.64. The molecule has 0 aromatic rings. The summed E-state index contributed by atoms with van der Waals surface area (Å²) in [6.07, 6.45) is 0. The van der Waals surface area contributed by atoms with Crippen LogP contribution >= 0.6 is 0 Å². The van der Waals surface area contributed by atoms with Crippen LogP contribution in [0.5, 0.6) is 0 Å². The van der Waals surface area contributed by atoms with Crippen LogP contribution in [0.3, 0.4) is 0 Å². The van der Waals surface area contributed by atoms with Gasteiger partial charge < -0.3 is 14.0 Å². The SMILES string of the molecule is CC(=N)O[BH-](OC(C)=O)OC(C)=O.[Na+]. The fourth-order valence-corrected chi connectivity index (χ4v) is 0.597. The molecule has 0 spiro atoms. The van der Waals surface area contributed by atoms with Gasteiger partial charge in [0.05, 0.1) is 0 Å². The predicted molar refractivity (Wildman–Crippen MR) is 45.2 cm³/mol. The van der Waals surface area contributed by atoms with E-state index < -0.39 is 19.3 Å². The average Bonchev–Trinajstić information content (AvgIpc) is 1.80. The molecule has 0 aliphatic heterocycles. The Morgan fingerprint density at radius 1 is 1.00 bits per heavy atom. The minimum absolute atomic E-state index is 0. The Labute approximate surface area is 104 Å². The van der Waals surface area contributed by atoms with Crippen LogP contribution in [0.2, 0.25) is 0 Å². The molecular formula is C6H11BNNaO5. The molecule has 8 heteroatoms. The molecule has 0 aliphatic rings. The molecule has 0 rings (SSSR count). The first-order valence-electron chi connectivity index (χ1n) is 3.64. The van der Waals surface area contributed by atoms with Crippen LogP contribution in [-0.2, 0) is 23.6 Å². The van der Waals surface area contributed by atoms with E-state index >= 15 is 0 Å². The molecule has 14 heavy (non-hydrogen) atoms. The van der Waals surface area contributed by atoms with Crippen molar-refractivity contribution in [3.8, 4) is 0 Å². The fraction of sp³-hybridized carbons (Fsp3) is 0.500. The molecule has 0 heterocycles. The first-order chi connectivity index (χ1) is 5.91. The van der Waals surface area contributed by atoms with Crippen molar-refractivity contribution in [3.05, 3.63) is 0 Å². The minimum atomic E-state index is -2.28. The van der Waals surface area contributed by atoms with E-state index in [0.717, 1.165) is 13.8 Å². The normalized spacial score (nSPS) is 8.57. The molecule has 0 saturated carbocycles. The maximum absolute atomic E-state index is 10.5. The van der Waals surface area contributed by atoms with Crippen molar-refractivity contribution in [3.63, 3.8) is 0 Å². The summed E-state index contributed by atoms with van der Waals surface area (Å²) < 4.78 is 13.7. The fourth-order valence-electron chi connectivity index (χ4n) is 0.597. The Morgan fingerprint density at radius 3 is 1.57 bits per heavy atom. The van der Waals surface area contributed by atoms with E-state index in [4.69, 9.17) is 5.41 Å². The zero-order valence-corrected chi connectivity index (χ0v) is 10.7. The second-order valence-corrected chi connectivity index (χ2v) is 2.33. The second kappa shape index (κ2) is 7.84. The van der Waals surface area contributed by atoms with E-state index in [1.54, 1.807) is 0 Å². The molecular weight excluding hydrogens is 200 g/mol. The number of hydrogen-bond acceptors (Lipinski definition) is 6. The summed E-state index contributed by atoms with van der Waals surface area (Å²) in [5, 5.41) is 6.93. The molecule has 74 valence electrons. The van der Waals surface area contributed by atoms with E-state index in [1.165, 1.54) is 6.92 Å². The van der Waals surface area contributed by atoms with Gasteiger partial charge in [0.1, 0.15) is 5.90 Å². The van der Waals surface area contributed by atoms with Gasteiger partial charge in [0, 0.05) is 20.8 Å². The largest absolute Gasteiger partial charge is 1.00 e.